The smallest absolute Gasteiger partial charge is 0.0853 e. The highest BCUT2D eigenvalue weighted by Crippen LogP contribution is 2.51. The van der Waals surface area contributed by atoms with Gasteiger partial charge >= 0.3 is 0 Å². The summed E-state index contributed by atoms with van der Waals surface area (Å²) in [6, 6.07) is 39.9. The van der Waals surface area contributed by atoms with Gasteiger partial charge in [-0.3, -0.25) is 9.98 Å². The van der Waals surface area contributed by atoms with Crippen LogP contribution in [0.2, 0.25) is 0 Å². The van der Waals surface area contributed by atoms with Crippen molar-refractivity contribution in [2.75, 3.05) is 11.5 Å². The summed E-state index contributed by atoms with van der Waals surface area (Å²) < 4.78 is 0. The Kier molecular flexibility index (Phi) is 6.02. The van der Waals surface area contributed by atoms with Crippen molar-refractivity contribution in [2.45, 2.75) is 24.9 Å². The summed E-state index contributed by atoms with van der Waals surface area (Å²) in [7, 11) is 0. The molecule has 2 aliphatic heterocycles. The van der Waals surface area contributed by atoms with Crippen molar-refractivity contribution < 1.29 is 0 Å². The van der Waals surface area contributed by atoms with Crippen LogP contribution in [0.5, 0.6) is 0 Å². The van der Waals surface area contributed by atoms with Gasteiger partial charge in [0.25, 0.3) is 0 Å². The van der Waals surface area contributed by atoms with E-state index in [9.17, 15) is 0 Å². The van der Waals surface area contributed by atoms with Crippen LogP contribution < -0.4 is 0 Å². The molecular weight excluding hydrogens is 489 g/mol. The summed E-state index contributed by atoms with van der Waals surface area (Å²) >= 11 is 3.90. The molecule has 1 aliphatic carbocycles. The average molecular weight is 517 g/mol. The van der Waals surface area contributed by atoms with Crippen LogP contribution in [-0.2, 0) is 12.8 Å². The monoisotopic (exact) mass is 516 g/mol. The lowest BCUT2D eigenvalue weighted by Crippen LogP contribution is -2.39. The summed E-state index contributed by atoms with van der Waals surface area (Å²) in [6.07, 6.45) is 1.86. The minimum atomic E-state index is -0.245. The van der Waals surface area contributed by atoms with Crippen molar-refractivity contribution in [3.63, 3.8) is 0 Å². The lowest BCUT2D eigenvalue weighted by atomic mass is 9.79. The van der Waals surface area contributed by atoms with Gasteiger partial charge in [0.05, 0.1) is 27.6 Å². The first-order valence-electron chi connectivity index (χ1n) is 13.0. The minimum absolute atomic E-state index is 0.198. The van der Waals surface area contributed by atoms with Gasteiger partial charge in [-0.1, -0.05) is 109 Å². The molecule has 4 aromatic rings. The molecule has 0 amide bonds. The normalized spacial score (nSPS) is 21.9. The van der Waals surface area contributed by atoms with Crippen molar-refractivity contribution >= 4 is 33.6 Å². The Labute approximate surface area is 227 Å². The second kappa shape index (κ2) is 9.66. The molecule has 4 aromatic carbocycles. The Morgan fingerprint density at radius 2 is 0.919 bits per heavy atom. The molecule has 0 saturated heterocycles. The van der Waals surface area contributed by atoms with Gasteiger partial charge in [-0.2, -0.15) is 0 Å². The van der Waals surface area contributed by atoms with Crippen LogP contribution in [0.1, 0.15) is 34.3 Å². The first kappa shape index (κ1) is 23.1. The fourth-order valence-electron chi connectivity index (χ4n) is 5.94. The van der Waals surface area contributed by atoms with E-state index in [1.165, 1.54) is 43.5 Å². The Morgan fingerprint density at radius 1 is 0.514 bits per heavy atom. The molecule has 0 fully saturated rings. The Morgan fingerprint density at radius 3 is 1.38 bits per heavy atom. The zero-order chi connectivity index (χ0) is 24.7. The number of fused-ring (bicyclic) bond motifs is 3. The van der Waals surface area contributed by atoms with Gasteiger partial charge in [0.2, 0.25) is 0 Å². The fraction of sp³-hybridized carbons (Fsp3) is 0.212. The number of benzene rings is 4. The predicted molar refractivity (Wildman–Crippen MR) is 160 cm³/mol. The summed E-state index contributed by atoms with van der Waals surface area (Å²) in [4.78, 5) is 10.9. The molecular formula is C33H28N2S2. The van der Waals surface area contributed by atoms with Crippen molar-refractivity contribution in [1.82, 2.24) is 0 Å². The first-order valence-corrected chi connectivity index (χ1v) is 15.0. The maximum atomic E-state index is 5.47. The molecule has 3 aliphatic rings. The lowest BCUT2D eigenvalue weighted by Gasteiger charge is -2.33. The van der Waals surface area contributed by atoms with E-state index in [2.05, 4.69) is 109 Å². The largest absolute Gasteiger partial charge is 0.273 e. The topological polar surface area (TPSA) is 24.7 Å². The Hall–Kier alpha value is -3.08. The second-order valence-corrected chi connectivity index (χ2v) is 12.1. The molecule has 0 unspecified atom stereocenters. The first-order chi connectivity index (χ1) is 18.3. The van der Waals surface area contributed by atoms with Crippen LogP contribution in [-0.4, -0.2) is 21.6 Å². The third-order valence-corrected chi connectivity index (χ3v) is 10.3. The number of hydrogen-bond acceptors (Lipinski definition) is 4. The van der Waals surface area contributed by atoms with Gasteiger partial charge in [-0.15, -0.1) is 23.5 Å². The van der Waals surface area contributed by atoms with Crippen molar-refractivity contribution in [3.05, 3.63) is 131 Å². The van der Waals surface area contributed by atoms with Gasteiger partial charge < -0.3 is 0 Å². The van der Waals surface area contributed by atoms with Gasteiger partial charge in [-0.25, -0.2) is 0 Å². The van der Waals surface area contributed by atoms with E-state index in [1.54, 1.807) is 0 Å². The van der Waals surface area contributed by atoms with Crippen molar-refractivity contribution in [3.8, 4) is 11.1 Å². The summed E-state index contributed by atoms with van der Waals surface area (Å²) in [6.45, 7) is 0. The number of thioether (sulfide) groups is 2. The van der Waals surface area contributed by atoms with Gasteiger partial charge in [0.15, 0.2) is 0 Å². The van der Waals surface area contributed by atoms with Gasteiger partial charge in [0.1, 0.15) is 0 Å². The third-order valence-electron chi connectivity index (χ3n) is 7.80. The third kappa shape index (κ3) is 4.17. The highest BCUT2D eigenvalue weighted by Gasteiger charge is 2.48. The quantitative estimate of drug-likeness (QED) is 0.273. The van der Waals surface area contributed by atoms with E-state index in [4.69, 9.17) is 9.98 Å². The molecule has 0 N–H and O–H groups in total. The summed E-state index contributed by atoms with van der Waals surface area (Å²) in [5.41, 5.74) is 7.86. The Bertz CT molecular complexity index is 1380. The molecule has 37 heavy (non-hydrogen) atoms. The maximum absolute atomic E-state index is 5.47. The van der Waals surface area contributed by atoms with Crippen molar-refractivity contribution in [1.29, 1.82) is 0 Å². The van der Waals surface area contributed by atoms with Crippen LogP contribution in [0.4, 0.5) is 0 Å². The highest BCUT2D eigenvalue weighted by molar-refractivity contribution is 8.16. The molecule has 2 nitrogen and oxygen atoms in total. The van der Waals surface area contributed by atoms with Crippen molar-refractivity contribution in [2.24, 2.45) is 15.4 Å². The van der Waals surface area contributed by atoms with Crippen LogP contribution in [0, 0.1) is 5.41 Å². The highest BCUT2D eigenvalue weighted by atomic mass is 32.2. The summed E-state index contributed by atoms with van der Waals surface area (Å²) in [5, 5.41) is 2.51. The average Bonchev–Trinajstić information content (AvgIpc) is 3.63. The number of rotatable bonds is 4. The van der Waals surface area contributed by atoms with Gasteiger partial charge in [0, 0.05) is 11.5 Å². The SMILES string of the molecule is c1ccc([C@@H]2CSC(C3(C4=N[C@H](c5ccccc5)CS4)Cc4ccccc4-c4ccccc4C3)=N2)cc1. The predicted octanol–water partition coefficient (Wildman–Crippen LogP) is 8.21. The molecule has 2 heterocycles. The molecule has 0 bridgehead atoms. The fourth-order valence-corrected chi connectivity index (χ4v) is 8.61. The van der Waals surface area contributed by atoms with E-state index in [1.807, 2.05) is 23.5 Å². The standard InChI is InChI=1S/C33H28N2S2/c1-3-11-23(12-4-1)29-21-36-31(34-29)33(32-35-30(22-37-32)24-13-5-2-6-14-24)19-25-15-7-9-17-27(25)28-18-10-8-16-26(28)20-33/h1-18,29-30H,19-22H2/t29-,30-/m0/s1. The molecule has 0 radical (unpaired) electrons. The van der Waals surface area contributed by atoms with Crippen LogP contribution in [0.15, 0.2) is 119 Å². The zero-order valence-corrected chi connectivity index (χ0v) is 22.2. The lowest BCUT2D eigenvalue weighted by molar-refractivity contribution is 0.583. The van der Waals surface area contributed by atoms with E-state index in [0.717, 1.165) is 24.3 Å². The molecule has 0 spiro atoms. The molecule has 0 saturated carbocycles. The maximum Gasteiger partial charge on any atom is 0.0853 e. The van der Waals surface area contributed by atoms with Crippen LogP contribution >= 0.6 is 23.5 Å². The molecule has 182 valence electrons. The molecule has 7 rings (SSSR count). The summed E-state index contributed by atoms with van der Waals surface area (Å²) in [5.74, 6) is 1.98. The number of nitrogens with zero attached hydrogens (tertiary/aromatic N) is 2. The van der Waals surface area contributed by atoms with E-state index >= 15 is 0 Å². The van der Waals surface area contributed by atoms with E-state index in [-0.39, 0.29) is 17.5 Å². The molecule has 2 atom stereocenters. The minimum Gasteiger partial charge on any atom is -0.273 e. The van der Waals surface area contributed by atoms with Crippen LogP contribution in [0.3, 0.4) is 0 Å². The molecule has 0 aromatic heterocycles. The molecule has 4 heteroatoms. The number of hydrogen-bond donors (Lipinski definition) is 0. The Balaban J connectivity index is 1.40. The second-order valence-electron chi connectivity index (χ2n) is 10.1. The van der Waals surface area contributed by atoms with Gasteiger partial charge in [-0.05, 0) is 46.2 Å². The zero-order valence-electron chi connectivity index (χ0n) is 20.6. The van der Waals surface area contributed by atoms with E-state index in [0.29, 0.717) is 0 Å². The number of aliphatic imine (C=N–C) groups is 2. The van der Waals surface area contributed by atoms with E-state index < -0.39 is 0 Å². The van der Waals surface area contributed by atoms with Crippen LogP contribution in [0.25, 0.3) is 11.1 Å².